The summed E-state index contributed by atoms with van der Waals surface area (Å²) >= 11 is 5.73. The molecule has 0 spiro atoms. The van der Waals surface area contributed by atoms with Gasteiger partial charge in [0, 0.05) is 13.1 Å². The Hall–Kier alpha value is -0.700. The summed E-state index contributed by atoms with van der Waals surface area (Å²) < 4.78 is 5.45. The van der Waals surface area contributed by atoms with Crippen LogP contribution in [-0.2, 0) is 5.88 Å². The summed E-state index contributed by atoms with van der Waals surface area (Å²) in [6.45, 7) is 4.69. The van der Waals surface area contributed by atoms with Crippen molar-refractivity contribution in [3.8, 4) is 0 Å². The van der Waals surface area contributed by atoms with E-state index >= 15 is 0 Å². The van der Waals surface area contributed by atoms with Crippen LogP contribution in [0.1, 0.15) is 45.2 Å². The van der Waals surface area contributed by atoms with Crippen LogP contribution in [0.2, 0.25) is 0 Å². The molecule has 0 aromatic carbocycles. The first-order valence-electron chi connectivity index (χ1n) is 6.25. The van der Waals surface area contributed by atoms with E-state index in [0.717, 1.165) is 5.69 Å². The van der Waals surface area contributed by atoms with Gasteiger partial charge in [-0.1, -0.05) is 13.8 Å². The summed E-state index contributed by atoms with van der Waals surface area (Å²) in [6.07, 6.45) is 6.60. The van der Waals surface area contributed by atoms with Crippen molar-refractivity contribution in [2.24, 2.45) is 5.41 Å². The van der Waals surface area contributed by atoms with Crippen molar-refractivity contribution >= 4 is 17.6 Å². The van der Waals surface area contributed by atoms with Crippen molar-refractivity contribution < 1.29 is 4.42 Å². The fourth-order valence-corrected chi connectivity index (χ4v) is 2.57. The Morgan fingerprint density at radius 2 is 2.12 bits per heavy atom. The fraction of sp³-hybridized carbons (Fsp3) is 0.769. The van der Waals surface area contributed by atoms with Crippen LogP contribution >= 0.6 is 11.6 Å². The van der Waals surface area contributed by atoms with Crippen LogP contribution in [0.15, 0.2) is 10.7 Å². The summed E-state index contributed by atoms with van der Waals surface area (Å²) in [5.74, 6) is 0.412. The summed E-state index contributed by atoms with van der Waals surface area (Å²) in [7, 11) is 2.06. The lowest BCUT2D eigenvalue weighted by Crippen LogP contribution is -2.37. The second-order valence-electron chi connectivity index (χ2n) is 5.76. The predicted octanol–water partition coefficient (Wildman–Crippen LogP) is 3.82. The Kier molecular flexibility index (Phi) is 3.67. The molecule has 0 radical (unpaired) electrons. The summed E-state index contributed by atoms with van der Waals surface area (Å²) in [5, 5.41) is 0. The SMILES string of the molecule is CN(c1nc(CCl)co1)C1CCC(C)(C)CC1. The van der Waals surface area contributed by atoms with Gasteiger partial charge in [-0.3, -0.25) is 0 Å². The highest BCUT2D eigenvalue weighted by molar-refractivity contribution is 6.16. The second kappa shape index (κ2) is 4.89. The number of oxazole rings is 1. The Morgan fingerprint density at radius 1 is 1.47 bits per heavy atom. The van der Waals surface area contributed by atoms with Crippen molar-refractivity contribution in [2.75, 3.05) is 11.9 Å². The topological polar surface area (TPSA) is 29.3 Å². The molecule has 0 bridgehead atoms. The van der Waals surface area contributed by atoms with Crippen molar-refractivity contribution in [2.45, 2.75) is 51.5 Å². The van der Waals surface area contributed by atoms with Crippen LogP contribution in [0.3, 0.4) is 0 Å². The van der Waals surface area contributed by atoms with E-state index in [2.05, 4.69) is 30.8 Å². The third-order valence-corrected chi connectivity index (χ3v) is 4.11. The number of hydrogen-bond acceptors (Lipinski definition) is 3. The Balaban J connectivity index is 1.98. The van der Waals surface area contributed by atoms with E-state index in [1.54, 1.807) is 6.26 Å². The molecule has 1 aromatic rings. The molecule has 1 saturated carbocycles. The average Bonchev–Trinajstić information content (AvgIpc) is 2.76. The highest BCUT2D eigenvalue weighted by atomic mass is 35.5. The van der Waals surface area contributed by atoms with Crippen LogP contribution in [0, 0.1) is 5.41 Å². The van der Waals surface area contributed by atoms with E-state index in [1.165, 1.54) is 25.7 Å². The fourth-order valence-electron chi connectivity index (χ4n) is 2.45. The number of nitrogens with zero attached hydrogens (tertiary/aromatic N) is 2. The molecular weight excluding hydrogens is 236 g/mol. The van der Waals surface area contributed by atoms with Crippen LogP contribution in [0.25, 0.3) is 0 Å². The van der Waals surface area contributed by atoms with Gasteiger partial charge in [0.1, 0.15) is 6.26 Å². The Labute approximate surface area is 108 Å². The van der Waals surface area contributed by atoms with E-state index in [-0.39, 0.29) is 0 Å². The summed E-state index contributed by atoms with van der Waals surface area (Å²) in [4.78, 5) is 6.53. The highest BCUT2D eigenvalue weighted by Gasteiger charge is 2.30. The van der Waals surface area contributed by atoms with E-state index in [4.69, 9.17) is 16.0 Å². The zero-order valence-corrected chi connectivity index (χ0v) is 11.6. The molecular formula is C13H21ClN2O. The maximum atomic E-state index is 5.73. The number of aromatic nitrogens is 1. The van der Waals surface area contributed by atoms with E-state index in [1.807, 2.05) is 0 Å². The number of rotatable bonds is 3. The van der Waals surface area contributed by atoms with Crippen molar-refractivity contribution in [1.29, 1.82) is 0 Å². The smallest absolute Gasteiger partial charge is 0.297 e. The number of anilines is 1. The first-order valence-corrected chi connectivity index (χ1v) is 6.78. The first kappa shape index (κ1) is 12.7. The van der Waals surface area contributed by atoms with E-state index in [9.17, 15) is 0 Å². The molecule has 1 heterocycles. The van der Waals surface area contributed by atoms with Crippen LogP contribution in [-0.4, -0.2) is 18.1 Å². The zero-order valence-electron chi connectivity index (χ0n) is 10.9. The minimum Gasteiger partial charge on any atom is -0.432 e. The summed E-state index contributed by atoms with van der Waals surface area (Å²) in [6, 6.07) is 1.25. The maximum absolute atomic E-state index is 5.73. The largest absolute Gasteiger partial charge is 0.432 e. The molecule has 96 valence electrons. The van der Waals surface area contributed by atoms with Crippen molar-refractivity contribution in [3.63, 3.8) is 0 Å². The number of halogens is 1. The first-order chi connectivity index (χ1) is 8.02. The molecule has 1 aliphatic rings. The van der Waals surface area contributed by atoms with Gasteiger partial charge in [-0.25, -0.2) is 0 Å². The van der Waals surface area contributed by atoms with Gasteiger partial charge in [-0.15, -0.1) is 11.6 Å². The molecule has 0 atom stereocenters. The molecule has 1 fully saturated rings. The third kappa shape index (κ3) is 2.95. The lowest BCUT2D eigenvalue weighted by Gasteiger charge is -2.37. The molecule has 4 heteroatoms. The molecule has 1 aliphatic carbocycles. The number of hydrogen-bond donors (Lipinski definition) is 0. The van der Waals surface area contributed by atoms with Gasteiger partial charge in [0.25, 0.3) is 6.01 Å². The van der Waals surface area contributed by atoms with Crippen LogP contribution in [0.5, 0.6) is 0 Å². The van der Waals surface area contributed by atoms with Gasteiger partial charge in [-0.05, 0) is 31.1 Å². The standard InChI is InChI=1S/C13H21ClN2O/c1-13(2)6-4-11(5-7-13)16(3)12-15-10(8-14)9-17-12/h9,11H,4-8H2,1-3H3. The van der Waals surface area contributed by atoms with Gasteiger partial charge < -0.3 is 9.32 Å². The zero-order chi connectivity index (χ0) is 12.5. The minimum atomic E-state index is 0.412. The van der Waals surface area contributed by atoms with Gasteiger partial charge in [-0.2, -0.15) is 4.98 Å². The predicted molar refractivity (Wildman–Crippen MR) is 70.5 cm³/mol. The minimum absolute atomic E-state index is 0.412. The summed E-state index contributed by atoms with van der Waals surface area (Å²) in [5.41, 5.74) is 1.31. The molecule has 0 saturated heterocycles. The second-order valence-corrected chi connectivity index (χ2v) is 6.03. The number of alkyl halides is 1. The molecule has 0 N–H and O–H groups in total. The Bertz CT molecular complexity index is 365. The molecule has 1 aromatic heterocycles. The normalized spacial score (nSPS) is 20.5. The highest BCUT2D eigenvalue weighted by Crippen LogP contribution is 2.37. The molecule has 0 unspecified atom stereocenters. The molecule has 2 rings (SSSR count). The average molecular weight is 257 g/mol. The molecule has 0 aliphatic heterocycles. The van der Waals surface area contributed by atoms with Gasteiger partial charge in [0.05, 0.1) is 11.6 Å². The lowest BCUT2D eigenvalue weighted by molar-refractivity contribution is 0.220. The van der Waals surface area contributed by atoms with Gasteiger partial charge in [0.2, 0.25) is 0 Å². The van der Waals surface area contributed by atoms with Gasteiger partial charge >= 0.3 is 0 Å². The lowest BCUT2D eigenvalue weighted by atomic mass is 9.75. The van der Waals surface area contributed by atoms with Crippen LogP contribution in [0.4, 0.5) is 6.01 Å². The molecule has 0 amide bonds. The molecule has 3 nitrogen and oxygen atoms in total. The Morgan fingerprint density at radius 3 is 2.65 bits per heavy atom. The molecule has 17 heavy (non-hydrogen) atoms. The monoisotopic (exact) mass is 256 g/mol. The maximum Gasteiger partial charge on any atom is 0.297 e. The van der Waals surface area contributed by atoms with Crippen molar-refractivity contribution in [1.82, 2.24) is 4.98 Å². The van der Waals surface area contributed by atoms with E-state index in [0.29, 0.717) is 23.4 Å². The van der Waals surface area contributed by atoms with Crippen molar-refractivity contribution in [3.05, 3.63) is 12.0 Å². The third-order valence-electron chi connectivity index (χ3n) is 3.83. The van der Waals surface area contributed by atoms with E-state index < -0.39 is 0 Å². The van der Waals surface area contributed by atoms with Gasteiger partial charge in [0.15, 0.2) is 0 Å². The quantitative estimate of drug-likeness (QED) is 0.770. The van der Waals surface area contributed by atoms with Crippen LogP contribution < -0.4 is 4.90 Å².